The number of halogens is 1. The first kappa shape index (κ1) is 18.5. The van der Waals surface area contributed by atoms with E-state index in [1.807, 2.05) is 6.92 Å². The van der Waals surface area contributed by atoms with E-state index in [0.717, 1.165) is 18.6 Å². The average Bonchev–Trinajstić information content (AvgIpc) is 3.15. The number of benzene rings is 1. The number of nitrogens with one attached hydrogen (secondary N) is 1. The van der Waals surface area contributed by atoms with Crippen LogP contribution in [0, 0.1) is 11.8 Å². The van der Waals surface area contributed by atoms with Gasteiger partial charge in [0.05, 0.1) is 11.9 Å². The number of carbonyl (C=O) groups is 1. The highest BCUT2D eigenvalue weighted by molar-refractivity contribution is 7.92. The molecule has 0 radical (unpaired) electrons. The number of rotatable bonds is 6. The Morgan fingerprint density at radius 1 is 1.28 bits per heavy atom. The molecule has 3 rings (SSSR count). The lowest BCUT2D eigenvalue weighted by Crippen LogP contribution is -2.52. The SMILES string of the molecule is CC[C@H](C(=O)N[C@H]1C[C@@H]2CC[C@@H]1C2)N(c1ccc(Cl)cc1)S(C)(=O)=O. The van der Waals surface area contributed by atoms with Gasteiger partial charge in [0.1, 0.15) is 6.04 Å². The highest BCUT2D eigenvalue weighted by Crippen LogP contribution is 2.44. The number of carbonyl (C=O) groups excluding carboxylic acids is 1. The fraction of sp³-hybridized carbons (Fsp3) is 0.611. The van der Waals surface area contributed by atoms with E-state index >= 15 is 0 Å². The van der Waals surface area contributed by atoms with Crippen molar-refractivity contribution in [2.75, 3.05) is 10.6 Å². The summed E-state index contributed by atoms with van der Waals surface area (Å²) in [6.45, 7) is 1.83. The summed E-state index contributed by atoms with van der Waals surface area (Å²) < 4.78 is 26.0. The normalized spacial score (nSPS) is 26.4. The molecule has 0 spiro atoms. The first-order chi connectivity index (χ1) is 11.8. The minimum absolute atomic E-state index is 0.187. The van der Waals surface area contributed by atoms with E-state index in [-0.39, 0.29) is 11.9 Å². The molecule has 2 saturated carbocycles. The second kappa shape index (κ2) is 7.16. The lowest BCUT2D eigenvalue weighted by molar-refractivity contribution is -0.123. The molecule has 5 nitrogen and oxygen atoms in total. The maximum Gasteiger partial charge on any atom is 0.244 e. The third-order valence-electron chi connectivity index (χ3n) is 5.48. The summed E-state index contributed by atoms with van der Waals surface area (Å²) in [4.78, 5) is 12.9. The molecule has 1 amide bonds. The minimum Gasteiger partial charge on any atom is -0.351 e. The Balaban J connectivity index is 1.82. The predicted molar refractivity (Wildman–Crippen MR) is 100 cm³/mol. The zero-order chi connectivity index (χ0) is 18.2. The van der Waals surface area contributed by atoms with Crippen molar-refractivity contribution in [2.45, 2.75) is 51.1 Å². The Bertz CT molecular complexity index is 735. The van der Waals surface area contributed by atoms with Crippen LogP contribution in [0.5, 0.6) is 0 Å². The number of anilines is 1. The van der Waals surface area contributed by atoms with Crippen LogP contribution in [-0.4, -0.2) is 32.7 Å². The van der Waals surface area contributed by atoms with E-state index in [4.69, 9.17) is 11.6 Å². The number of amides is 1. The van der Waals surface area contributed by atoms with Crippen LogP contribution in [0.3, 0.4) is 0 Å². The van der Waals surface area contributed by atoms with Gasteiger partial charge in [-0.05, 0) is 61.8 Å². The van der Waals surface area contributed by atoms with Crippen LogP contribution in [-0.2, 0) is 14.8 Å². The fourth-order valence-electron chi connectivity index (χ4n) is 4.35. The van der Waals surface area contributed by atoms with Gasteiger partial charge >= 0.3 is 0 Å². The minimum atomic E-state index is -3.60. The molecular weight excluding hydrogens is 360 g/mol. The van der Waals surface area contributed by atoms with E-state index in [1.54, 1.807) is 24.3 Å². The molecular formula is C18H25ClN2O3S. The molecule has 2 fully saturated rings. The van der Waals surface area contributed by atoms with Crippen molar-refractivity contribution in [1.82, 2.24) is 5.32 Å². The molecule has 1 N–H and O–H groups in total. The van der Waals surface area contributed by atoms with Crippen LogP contribution in [0.4, 0.5) is 5.69 Å². The predicted octanol–water partition coefficient (Wildman–Crippen LogP) is 3.19. The summed E-state index contributed by atoms with van der Waals surface area (Å²) in [5, 5.41) is 3.65. The summed E-state index contributed by atoms with van der Waals surface area (Å²) in [5.41, 5.74) is 0.460. The number of nitrogens with zero attached hydrogens (tertiary/aromatic N) is 1. The molecule has 138 valence electrons. The Labute approximate surface area is 154 Å². The van der Waals surface area contributed by atoms with E-state index in [1.165, 1.54) is 23.6 Å². The van der Waals surface area contributed by atoms with Crippen molar-refractivity contribution in [3.8, 4) is 0 Å². The molecule has 1 aromatic carbocycles. The second-order valence-corrected chi connectivity index (χ2v) is 9.55. The maximum atomic E-state index is 12.9. The lowest BCUT2D eigenvalue weighted by atomic mass is 9.95. The van der Waals surface area contributed by atoms with Gasteiger partial charge in [0.25, 0.3) is 0 Å². The Morgan fingerprint density at radius 3 is 2.44 bits per heavy atom. The molecule has 1 aromatic rings. The Hall–Kier alpha value is -1.27. The first-order valence-corrected chi connectivity index (χ1v) is 11.1. The van der Waals surface area contributed by atoms with Gasteiger partial charge in [-0.1, -0.05) is 24.9 Å². The van der Waals surface area contributed by atoms with E-state index in [9.17, 15) is 13.2 Å². The quantitative estimate of drug-likeness (QED) is 0.819. The fourth-order valence-corrected chi connectivity index (χ4v) is 5.69. The average molecular weight is 385 g/mol. The summed E-state index contributed by atoms with van der Waals surface area (Å²) in [7, 11) is -3.60. The standard InChI is InChI=1S/C18H25ClN2O3S/c1-3-17(18(22)20-16-11-12-4-5-13(16)10-12)21(25(2,23)24)15-8-6-14(19)7-9-15/h6-9,12-13,16-17H,3-5,10-11H2,1-2H3,(H,20,22)/t12-,13-,16+,17-/m1/s1. The monoisotopic (exact) mass is 384 g/mol. The van der Waals surface area contributed by atoms with Crippen LogP contribution in [0.25, 0.3) is 0 Å². The lowest BCUT2D eigenvalue weighted by Gasteiger charge is -2.32. The third kappa shape index (κ3) is 3.95. The molecule has 0 saturated heterocycles. The number of hydrogen-bond acceptors (Lipinski definition) is 3. The molecule has 7 heteroatoms. The smallest absolute Gasteiger partial charge is 0.244 e. The van der Waals surface area contributed by atoms with Crippen molar-refractivity contribution >= 4 is 33.2 Å². The number of sulfonamides is 1. The molecule has 2 bridgehead atoms. The van der Waals surface area contributed by atoms with Crippen LogP contribution < -0.4 is 9.62 Å². The zero-order valence-corrected chi connectivity index (χ0v) is 16.2. The van der Waals surface area contributed by atoms with Crippen molar-refractivity contribution in [2.24, 2.45) is 11.8 Å². The van der Waals surface area contributed by atoms with Crippen LogP contribution in [0.2, 0.25) is 5.02 Å². The largest absolute Gasteiger partial charge is 0.351 e. The van der Waals surface area contributed by atoms with Crippen LogP contribution in [0.15, 0.2) is 24.3 Å². The number of hydrogen-bond donors (Lipinski definition) is 1. The molecule has 0 unspecified atom stereocenters. The van der Waals surface area contributed by atoms with E-state index < -0.39 is 16.1 Å². The van der Waals surface area contributed by atoms with Gasteiger partial charge in [0, 0.05) is 11.1 Å². The van der Waals surface area contributed by atoms with Crippen LogP contribution in [0.1, 0.15) is 39.0 Å². The van der Waals surface area contributed by atoms with Gasteiger partial charge in [-0.15, -0.1) is 0 Å². The summed E-state index contributed by atoms with van der Waals surface area (Å²) in [6, 6.07) is 5.97. The second-order valence-electron chi connectivity index (χ2n) is 7.25. The van der Waals surface area contributed by atoms with Gasteiger partial charge in [0.15, 0.2) is 0 Å². The summed E-state index contributed by atoms with van der Waals surface area (Å²) in [5.74, 6) is 1.06. The van der Waals surface area contributed by atoms with Gasteiger partial charge in [-0.3, -0.25) is 9.10 Å². The Morgan fingerprint density at radius 2 is 1.96 bits per heavy atom. The van der Waals surface area contributed by atoms with Gasteiger partial charge < -0.3 is 5.32 Å². The maximum absolute atomic E-state index is 12.9. The molecule has 2 aliphatic carbocycles. The zero-order valence-electron chi connectivity index (χ0n) is 14.6. The number of fused-ring (bicyclic) bond motifs is 2. The van der Waals surface area contributed by atoms with Crippen molar-refractivity contribution in [1.29, 1.82) is 0 Å². The van der Waals surface area contributed by atoms with Crippen molar-refractivity contribution < 1.29 is 13.2 Å². The molecule has 0 aromatic heterocycles. The molecule has 25 heavy (non-hydrogen) atoms. The summed E-state index contributed by atoms with van der Waals surface area (Å²) in [6.07, 6.45) is 6.17. The van der Waals surface area contributed by atoms with Crippen molar-refractivity contribution in [3.63, 3.8) is 0 Å². The molecule has 4 atom stereocenters. The topological polar surface area (TPSA) is 66.5 Å². The van der Waals surface area contributed by atoms with Gasteiger partial charge in [-0.25, -0.2) is 8.42 Å². The van der Waals surface area contributed by atoms with E-state index in [2.05, 4.69) is 5.32 Å². The Kier molecular flexibility index (Phi) is 5.30. The molecule has 0 aliphatic heterocycles. The first-order valence-electron chi connectivity index (χ1n) is 8.85. The highest BCUT2D eigenvalue weighted by Gasteiger charge is 2.41. The van der Waals surface area contributed by atoms with E-state index in [0.29, 0.717) is 23.0 Å². The molecule has 2 aliphatic rings. The highest BCUT2D eigenvalue weighted by atomic mass is 35.5. The summed E-state index contributed by atoms with van der Waals surface area (Å²) >= 11 is 5.91. The van der Waals surface area contributed by atoms with Gasteiger partial charge in [-0.2, -0.15) is 0 Å². The third-order valence-corrected chi connectivity index (χ3v) is 6.91. The molecule has 0 heterocycles. The van der Waals surface area contributed by atoms with Crippen molar-refractivity contribution in [3.05, 3.63) is 29.3 Å². The van der Waals surface area contributed by atoms with Crippen LogP contribution >= 0.6 is 11.6 Å². The van der Waals surface area contributed by atoms with Gasteiger partial charge in [0.2, 0.25) is 15.9 Å².